The molecular formula is C20H23NO2. The van der Waals surface area contributed by atoms with E-state index in [1.807, 2.05) is 43.3 Å². The molecule has 3 nitrogen and oxygen atoms in total. The Labute approximate surface area is 137 Å². The molecule has 23 heavy (non-hydrogen) atoms. The van der Waals surface area contributed by atoms with Gasteiger partial charge in [-0.2, -0.15) is 0 Å². The summed E-state index contributed by atoms with van der Waals surface area (Å²) in [5.74, 6) is 1.19. The molecule has 0 heterocycles. The van der Waals surface area contributed by atoms with Crippen molar-refractivity contribution in [1.29, 1.82) is 0 Å². The Morgan fingerprint density at radius 3 is 2.22 bits per heavy atom. The van der Waals surface area contributed by atoms with Crippen LogP contribution >= 0.6 is 0 Å². The Hall–Kier alpha value is -2.29. The predicted molar refractivity (Wildman–Crippen MR) is 91.9 cm³/mol. The molecule has 0 bridgehead atoms. The minimum absolute atomic E-state index is 0.000846. The van der Waals surface area contributed by atoms with E-state index in [2.05, 4.69) is 31.3 Å². The Bertz CT molecular complexity index is 701. The van der Waals surface area contributed by atoms with Crippen LogP contribution in [0.3, 0.4) is 0 Å². The second kappa shape index (κ2) is 5.73. The molecule has 1 amide bonds. The fourth-order valence-electron chi connectivity index (χ4n) is 3.27. The van der Waals surface area contributed by atoms with E-state index in [1.165, 1.54) is 5.56 Å². The first-order valence-corrected chi connectivity index (χ1v) is 7.95. The van der Waals surface area contributed by atoms with Crippen LogP contribution in [-0.2, 0) is 0 Å². The number of aryl methyl sites for hydroxylation is 1. The van der Waals surface area contributed by atoms with Crippen LogP contribution in [-0.4, -0.2) is 19.1 Å². The van der Waals surface area contributed by atoms with Crippen molar-refractivity contribution in [3.63, 3.8) is 0 Å². The fraction of sp³-hybridized carbons (Fsp3) is 0.350. The second-order valence-electron chi connectivity index (χ2n) is 6.89. The molecule has 1 saturated carbocycles. The van der Waals surface area contributed by atoms with E-state index in [0.717, 1.165) is 11.3 Å². The molecule has 0 unspecified atom stereocenters. The lowest BCUT2D eigenvalue weighted by molar-refractivity contribution is 0.0946. The number of rotatable bonds is 4. The number of benzene rings is 2. The molecule has 0 aromatic heterocycles. The van der Waals surface area contributed by atoms with Crippen molar-refractivity contribution in [2.24, 2.45) is 5.41 Å². The van der Waals surface area contributed by atoms with E-state index >= 15 is 0 Å². The van der Waals surface area contributed by atoms with Crippen molar-refractivity contribution in [3.05, 3.63) is 65.2 Å². The van der Waals surface area contributed by atoms with E-state index in [-0.39, 0.29) is 17.4 Å². The summed E-state index contributed by atoms with van der Waals surface area (Å²) in [6.07, 6.45) is 0. The monoisotopic (exact) mass is 309 g/mol. The molecule has 0 aliphatic heterocycles. The van der Waals surface area contributed by atoms with Crippen LogP contribution < -0.4 is 10.1 Å². The quantitative estimate of drug-likeness (QED) is 0.929. The Balaban J connectivity index is 1.72. The van der Waals surface area contributed by atoms with Gasteiger partial charge in [0.2, 0.25) is 0 Å². The number of hydrogen-bond acceptors (Lipinski definition) is 2. The van der Waals surface area contributed by atoms with Gasteiger partial charge in [0.1, 0.15) is 5.75 Å². The maximum atomic E-state index is 12.4. The summed E-state index contributed by atoms with van der Waals surface area (Å²) in [6.45, 7) is 6.41. The zero-order chi connectivity index (χ0) is 16.6. The molecular weight excluding hydrogens is 286 g/mol. The van der Waals surface area contributed by atoms with Crippen LogP contribution in [0.4, 0.5) is 0 Å². The number of amides is 1. The number of ether oxygens (including phenoxy) is 1. The summed E-state index contributed by atoms with van der Waals surface area (Å²) in [7, 11) is 1.67. The highest BCUT2D eigenvalue weighted by molar-refractivity contribution is 5.94. The smallest absolute Gasteiger partial charge is 0.251 e. The Morgan fingerprint density at radius 1 is 1.04 bits per heavy atom. The molecule has 2 aromatic rings. The SMILES string of the molecule is COc1ccc([C@@H]2[C@@H](NC(=O)c3ccc(C)cc3)C2(C)C)cc1. The highest BCUT2D eigenvalue weighted by atomic mass is 16.5. The molecule has 2 atom stereocenters. The predicted octanol–water partition coefficient (Wildman–Crippen LogP) is 3.93. The molecule has 2 aromatic carbocycles. The van der Waals surface area contributed by atoms with Gasteiger partial charge in [-0.1, -0.05) is 43.7 Å². The molecule has 0 radical (unpaired) electrons. The summed E-state index contributed by atoms with van der Waals surface area (Å²) >= 11 is 0. The lowest BCUT2D eigenvalue weighted by Gasteiger charge is -2.06. The normalized spacial score (nSPS) is 21.6. The summed E-state index contributed by atoms with van der Waals surface area (Å²) < 4.78 is 5.21. The van der Waals surface area contributed by atoms with Gasteiger partial charge in [-0.3, -0.25) is 4.79 Å². The van der Waals surface area contributed by atoms with Gasteiger partial charge in [0.15, 0.2) is 0 Å². The van der Waals surface area contributed by atoms with Gasteiger partial charge < -0.3 is 10.1 Å². The molecule has 3 rings (SSSR count). The average Bonchev–Trinajstić information content (AvgIpc) is 3.08. The summed E-state index contributed by atoms with van der Waals surface area (Å²) in [5.41, 5.74) is 3.18. The number of methoxy groups -OCH3 is 1. The standard InChI is InChI=1S/C20H23NO2/c1-13-5-7-15(8-6-13)19(22)21-18-17(20(18,2)3)14-9-11-16(23-4)12-10-14/h5-12,17-18H,1-4H3,(H,21,22)/t17-,18-/m1/s1. The lowest BCUT2D eigenvalue weighted by atomic mass is 10.0. The van der Waals surface area contributed by atoms with Crippen LogP contribution in [0.5, 0.6) is 5.75 Å². The highest BCUT2D eigenvalue weighted by Gasteiger charge is 2.59. The molecule has 3 heteroatoms. The number of hydrogen-bond donors (Lipinski definition) is 1. The maximum absolute atomic E-state index is 12.4. The molecule has 0 saturated heterocycles. The first-order chi connectivity index (χ1) is 10.9. The Kier molecular flexibility index (Phi) is 3.88. The third kappa shape index (κ3) is 2.96. The van der Waals surface area contributed by atoms with Crippen LogP contribution in [0, 0.1) is 12.3 Å². The zero-order valence-electron chi connectivity index (χ0n) is 14.1. The van der Waals surface area contributed by atoms with E-state index in [0.29, 0.717) is 11.5 Å². The number of carbonyl (C=O) groups is 1. The summed E-state index contributed by atoms with van der Waals surface area (Å²) in [6, 6.07) is 16.0. The third-order valence-corrected chi connectivity index (χ3v) is 4.90. The summed E-state index contributed by atoms with van der Waals surface area (Å²) in [4.78, 5) is 12.4. The first kappa shape index (κ1) is 15.6. The number of carbonyl (C=O) groups excluding carboxylic acids is 1. The van der Waals surface area contributed by atoms with Crippen molar-refractivity contribution in [3.8, 4) is 5.75 Å². The van der Waals surface area contributed by atoms with Crippen molar-refractivity contribution >= 4 is 5.91 Å². The minimum Gasteiger partial charge on any atom is -0.497 e. The first-order valence-electron chi connectivity index (χ1n) is 7.95. The summed E-state index contributed by atoms with van der Waals surface area (Å²) in [5, 5.41) is 3.19. The fourth-order valence-corrected chi connectivity index (χ4v) is 3.27. The van der Waals surface area contributed by atoms with Gasteiger partial charge in [0.05, 0.1) is 7.11 Å². The van der Waals surface area contributed by atoms with Crippen LogP contribution in [0.2, 0.25) is 0 Å². The van der Waals surface area contributed by atoms with Crippen LogP contribution in [0.15, 0.2) is 48.5 Å². The van der Waals surface area contributed by atoms with Gasteiger partial charge in [-0.05, 0) is 42.2 Å². The highest BCUT2D eigenvalue weighted by Crippen LogP contribution is 2.58. The van der Waals surface area contributed by atoms with Gasteiger partial charge in [0, 0.05) is 17.5 Å². The van der Waals surface area contributed by atoms with Crippen molar-refractivity contribution in [2.45, 2.75) is 32.7 Å². The Morgan fingerprint density at radius 2 is 1.65 bits per heavy atom. The van der Waals surface area contributed by atoms with E-state index in [1.54, 1.807) is 7.11 Å². The van der Waals surface area contributed by atoms with Crippen molar-refractivity contribution in [2.75, 3.05) is 7.11 Å². The average molecular weight is 309 g/mol. The zero-order valence-corrected chi connectivity index (χ0v) is 14.1. The molecule has 120 valence electrons. The van der Waals surface area contributed by atoms with E-state index in [4.69, 9.17) is 4.74 Å². The third-order valence-electron chi connectivity index (χ3n) is 4.90. The topological polar surface area (TPSA) is 38.3 Å². The maximum Gasteiger partial charge on any atom is 0.251 e. The molecule has 0 spiro atoms. The number of nitrogens with one attached hydrogen (secondary N) is 1. The van der Waals surface area contributed by atoms with E-state index in [9.17, 15) is 4.79 Å². The molecule has 1 aliphatic carbocycles. The molecule has 1 fully saturated rings. The van der Waals surface area contributed by atoms with Crippen LogP contribution in [0.25, 0.3) is 0 Å². The lowest BCUT2D eigenvalue weighted by Crippen LogP contribution is -2.28. The van der Waals surface area contributed by atoms with Crippen molar-refractivity contribution in [1.82, 2.24) is 5.32 Å². The largest absolute Gasteiger partial charge is 0.497 e. The van der Waals surface area contributed by atoms with Gasteiger partial charge in [-0.15, -0.1) is 0 Å². The molecule has 1 N–H and O–H groups in total. The van der Waals surface area contributed by atoms with Crippen molar-refractivity contribution < 1.29 is 9.53 Å². The van der Waals surface area contributed by atoms with Gasteiger partial charge in [0.25, 0.3) is 5.91 Å². The second-order valence-corrected chi connectivity index (χ2v) is 6.89. The van der Waals surface area contributed by atoms with Gasteiger partial charge in [-0.25, -0.2) is 0 Å². The molecule has 1 aliphatic rings. The van der Waals surface area contributed by atoms with Crippen LogP contribution in [0.1, 0.15) is 41.3 Å². The minimum atomic E-state index is -0.000846. The van der Waals surface area contributed by atoms with Gasteiger partial charge >= 0.3 is 0 Å². The van der Waals surface area contributed by atoms with E-state index < -0.39 is 0 Å².